The monoisotopic (exact) mass is 673 g/mol. The molecule has 3 aromatic rings. The number of ether oxygens (including phenoxy) is 1. The molecule has 2 aliphatic rings. The fourth-order valence-corrected chi connectivity index (χ4v) is 7.12. The number of aliphatic hydroxyl groups excluding tert-OH is 2. The third-order valence-electron chi connectivity index (χ3n) is 9.90. The van der Waals surface area contributed by atoms with E-state index in [-0.39, 0.29) is 18.1 Å². The van der Waals surface area contributed by atoms with Crippen LogP contribution in [0.25, 0.3) is 11.1 Å². The Bertz CT molecular complexity index is 1470. The zero-order valence-corrected chi connectivity index (χ0v) is 29.9. The Kier molecular flexibility index (Phi) is 13.4. The van der Waals surface area contributed by atoms with Gasteiger partial charge in [-0.3, -0.25) is 9.78 Å². The van der Waals surface area contributed by atoms with Gasteiger partial charge in [0.2, 0.25) is 0 Å². The predicted molar refractivity (Wildman–Crippen MR) is 196 cm³/mol. The average molecular weight is 674 g/mol. The maximum absolute atomic E-state index is 13.1. The van der Waals surface area contributed by atoms with Crippen LogP contribution in [0.1, 0.15) is 99.8 Å². The van der Waals surface area contributed by atoms with Crippen molar-refractivity contribution >= 4 is 17.7 Å². The largest absolute Gasteiger partial charge is 0.490 e. The third-order valence-corrected chi connectivity index (χ3v) is 10.8. The van der Waals surface area contributed by atoms with Crippen LogP contribution in [0, 0.1) is 6.92 Å². The number of carbonyl (C=O) groups excluding carboxylic acids is 1. The number of carbonyl (C=O) groups is 1. The molecule has 48 heavy (non-hydrogen) atoms. The molecule has 1 heterocycles. The van der Waals surface area contributed by atoms with Crippen LogP contribution in [0.2, 0.25) is 0 Å². The van der Waals surface area contributed by atoms with Crippen molar-refractivity contribution in [1.82, 2.24) is 15.2 Å². The number of aliphatic hydroxyl groups is 2. The molecule has 7 nitrogen and oxygen atoms in total. The molecule has 2 fully saturated rings. The molecule has 8 heteroatoms. The van der Waals surface area contributed by atoms with E-state index in [1.54, 1.807) is 0 Å². The van der Waals surface area contributed by atoms with Gasteiger partial charge in [0.1, 0.15) is 11.9 Å². The first kappa shape index (κ1) is 36.4. The molecule has 0 spiro atoms. The summed E-state index contributed by atoms with van der Waals surface area (Å²) in [5.74, 6) is 3.02. The van der Waals surface area contributed by atoms with Gasteiger partial charge in [-0.1, -0.05) is 50.2 Å². The molecular formula is C40H55N3O4S. The standard InChI is InChI=1S/C40H55N3O4S/c1-4-48-25-23-43(39(46)37(45)12-7-8-24-44)22-9-10-29(2)31-15-14-30(3)32(26-31)27-42-40(19-20-40)36-28-41-21-18-34(36)35-11-5-6-13-38(35)47-33-16-17-33/h5-6,11,13-15,18,21,26,28-29,33,37,42,44-45H,4,7-10,12,16-17,19-20,22-25,27H2,1-3H3. The number of thioether (sulfide) groups is 1. The number of hydrogen-bond donors (Lipinski definition) is 3. The maximum atomic E-state index is 13.1. The van der Waals surface area contributed by atoms with Gasteiger partial charge in [0.15, 0.2) is 0 Å². The Morgan fingerprint density at radius 1 is 1.08 bits per heavy atom. The molecule has 2 saturated carbocycles. The van der Waals surface area contributed by atoms with Crippen molar-refractivity contribution < 1.29 is 19.7 Å². The van der Waals surface area contributed by atoms with Gasteiger partial charge in [-0.2, -0.15) is 11.8 Å². The number of para-hydroxylation sites is 1. The van der Waals surface area contributed by atoms with Gasteiger partial charge in [-0.25, -0.2) is 0 Å². The zero-order chi connectivity index (χ0) is 33.9. The first-order chi connectivity index (χ1) is 23.3. The lowest BCUT2D eigenvalue weighted by Crippen LogP contribution is -2.41. The van der Waals surface area contributed by atoms with E-state index in [0.717, 1.165) is 67.9 Å². The van der Waals surface area contributed by atoms with Gasteiger partial charge in [0, 0.05) is 55.5 Å². The van der Waals surface area contributed by atoms with E-state index in [0.29, 0.717) is 44.4 Å². The lowest BCUT2D eigenvalue weighted by Gasteiger charge is -2.26. The minimum atomic E-state index is -0.990. The van der Waals surface area contributed by atoms with Gasteiger partial charge in [-0.15, -0.1) is 0 Å². The number of aryl methyl sites for hydroxylation is 1. The number of nitrogens with one attached hydrogen (secondary N) is 1. The highest BCUT2D eigenvalue weighted by Crippen LogP contribution is 2.50. The van der Waals surface area contributed by atoms with Crippen molar-refractivity contribution in [2.24, 2.45) is 0 Å². The Balaban J connectivity index is 1.21. The van der Waals surface area contributed by atoms with E-state index < -0.39 is 6.10 Å². The SMILES string of the molecule is CCSCCN(CCCC(C)c1ccc(C)c(CNC2(c3cnccc3-c3ccccc3OC3CC3)CC2)c1)C(=O)C(O)CCCCO. The number of aromatic nitrogens is 1. The summed E-state index contributed by atoms with van der Waals surface area (Å²) in [4.78, 5) is 19.5. The molecule has 0 bridgehead atoms. The van der Waals surface area contributed by atoms with Crippen LogP contribution in [0.3, 0.4) is 0 Å². The molecule has 2 atom stereocenters. The molecule has 0 aliphatic heterocycles. The van der Waals surface area contributed by atoms with Crippen molar-refractivity contribution in [2.45, 2.75) is 109 Å². The molecule has 2 unspecified atom stereocenters. The third kappa shape index (κ3) is 9.84. The molecule has 0 radical (unpaired) electrons. The number of rotatable bonds is 21. The van der Waals surface area contributed by atoms with Crippen LogP contribution >= 0.6 is 11.8 Å². The molecule has 3 N–H and O–H groups in total. The maximum Gasteiger partial charge on any atom is 0.251 e. The van der Waals surface area contributed by atoms with Crippen LogP contribution in [-0.4, -0.2) is 69.4 Å². The number of amides is 1. The van der Waals surface area contributed by atoms with Crippen LogP contribution < -0.4 is 10.1 Å². The highest BCUT2D eigenvalue weighted by Gasteiger charge is 2.46. The van der Waals surface area contributed by atoms with E-state index in [1.165, 1.54) is 27.8 Å². The highest BCUT2D eigenvalue weighted by atomic mass is 32.2. The summed E-state index contributed by atoms with van der Waals surface area (Å²) in [6.07, 6.45) is 11.2. The molecular weight excluding hydrogens is 619 g/mol. The highest BCUT2D eigenvalue weighted by molar-refractivity contribution is 7.99. The van der Waals surface area contributed by atoms with Gasteiger partial charge in [0.25, 0.3) is 5.91 Å². The molecule has 1 amide bonds. The van der Waals surface area contributed by atoms with Gasteiger partial charge < -0.3 is 25.2 Å². The van der Waals surface area contributed by atoms with Crippen molar-refractivity contribution in [3.63, 3.8) is 0 Å². The van der Waals surface area contributed by atoms with Gasteiger partial charge in [0.05, 0.1) is 6.10 Å². The van der Waals surface area contributed by atoms with Crippen molar-refractivity contribution in [3.05, 3.63) is 83.2 Å². The van der Waals surface area contributed by atoms with E-state index >= 15 is 0 Å². The number of nitrogens with zero attached hydrogens (tertiary/aromatic N) is 2. The summed E-state index contributed by atoms with van der Waals surface area (Å²) in [6, 6.07) is 17.4. The minimum Gasteiger partial charge on any atom is -0.490 e. The summed E-state index contributed by atoms with van der Waals surface area (Å²) in [5, 5.41) is 23.5. The second-order valence-corrected chi connectivity index (χ2v) is 15.1. The number of benzene rings is 2. The normalized spacial score (nSPS) is 16.4. The minimum absolute atomic E-state index is 0.0872. The van der Waals surface area contributed by atoms with E-state index in [2.05, 4.69) is 79.6 Å². The van der Waals surface area contributed by atoms with Crippen LogP contribution in [0.5, 0.6) is 5.75 Å². The Hall–Kier alpha value is -2.91. The quantitative estimate of drug-likeness (QED) is 0.102. The molecule has 0 saturated heterocycles. The molecule has 260 valence electrons. The predicted octanol–water partition coefficient (Wildman–Crippen LogP) is 7.37. The number of unbranched alkanes of at least 4 members (excludes halogenated alkanes) is 1. The van der Waals surface area contributed by atoms with Crippen molar-refractivity contribution in [3.8, 4) is 16.9 Å². The lowest BCUT2D eigenvalue weighted by molar-refractivity contribution is -0.140. The number of hydrogen-bond acceptors (Lipinski definition) is 7. The summed E-state index contributed by atoms with van der Waals surface area (Å²) < 4.78 is 6.30. The Labute approximate surface area is 291 Å². The topological polar surface area (TPSA) is 94.9 Å². The van der Waals surface area contributed by atoms with Crippen LogP contribution in [0.4, 0.5) is 0 Å². The second kappa shape index (κ2) is 17.7. The molecule has 2 aromatic carbocycles. The molecule has 2 aliphatic carbocycles. The second-order valence-electron chi connectivity index (χ2n) is 13.7. The summed E-state index contributed by atoms with van der Waals surface area (Å²) in [7, 11) is 0. The first-order valence-corrected chi connectivity index (χ1v) is 19.2. The van der Waals surface area contributed by atoms with Gasteiger partial charge >= 0.3 is 0 Å². The summed E-state index contributed by atoms with van der Waals surface area (Å²) >= 11 is 1.82. The van der Waals surface area contributed by atoms with E-state index in [1.807, 2.05) is 29.1 Å². The summed E-state index contributed by atoms with van der Waals surface area (Å²) in [5.41, 5.74) is 7.40. The van der Waals surface area contributed by atoms with Gasteiger partial charge in [-0.05, 0) is 116 Å². The zero-order valence-electron chi connectivity index (χ0n) is 29.1. The fraction of sp³-hybridized carbons (Fsp3) is 0.550. The Morgan fingerprint density at radius 2 is 1.90 bits per heavy atom. The lowest BCUT2D eigenvalue weighted by atomic mass is 9.92. The summed E-state index contributed by atoms with van der Waals surface area (Å²) in [6.45, 7) is 8.76. The molecule has 5 rings (SSSR count). The first-order valence-electron chi connectivity index (χ1n) is 18.1. The number of pyridine rings is 1. The fourth-order valence-electron chi connectivity index (χ4n) is 6.48. The average Bonchev–Trinajstić information content (AvgIpc) is 4.05. The van der Waals surface area contributed by atoms with Crippen LogP contribution in [-0.2, 0) is 16.9 Å². The van der Waals surface area contributed by atoms with E-state index in [9.17, 15) is 9.90 Å². The van der Waals surface area contributed by atoms with Crippen LogP contribution in [0.15, 0.2) is 60.9 Å². The molecule has 1 aromatic heterocycles. The van der Waals surface area contributed by atoms with Crippen molar-refractivity contribution in [2.75, 3.05) is 31.2 Å². The Morgan fingerprint density at radius 3 is 2.65 bits per heavy atom. The van der Waals surface area contributed by atoms with E-state index in [4.69, 9.17) is 9.84 Å². The smallest absolute Gasteiger partial charge is 0.251 e. The van der Waals surface area contributed by atoms with Crippen molar-refractivity contribution in [1.29, 1.82) is 0 Å².